The number of aromatic carboxylic acids is 1. The van der Waals surface area contributed by atoms with Crippen LogP contribution < -0.4 is 0 Å². The van der Waals surface area contributed by atoms with E-state index in [9.17, 15) is 4.79 Å². The smallest absolute Gasteiger partial charge is 0.247 e. The molecule has 158 valence electrons. The fourth-order valence-electron chi connectivity index (χ4n) is 2.75. The third-order valence-electron chi connectivity index (χ3n) is 4.28. The molecule has 0 aliphatic rings. The second kappa shape index (κ2) is 12.4. The molecule has 0 fully saturated rings. The molecule has 2 nitrogen and oxygen atoms in total. The monoisotopic (exact) mass is 495 g/mol. The Balaban J connectivity index is 0.000000289. The van der Waals surface area contributed by atoms with Crippen molar-refractivity contribution < 1.29 is 30.3 Å². The summed E-state index contributed by atoms with van der Waals surface area (Å²) in [6, 6.07) is 39.2. The van der Waals surface area contributed by atoms with E-state index in [1.165, 1.54) is 11.6 Å². The second-order valence-electron chi connectivity index (χ2n) is 6.59. The van der Waals surface area contributed by atoms with Gasteiger partial charge in [0.15, 0.2) is 0 Å². The predicted octanol–water partition coefficient (Wildman–Crippen LogP) is 6.26. The van der Waals surface area contributed by atoms with Crippen molar-refractivity contribution >= 4 is 11.5 Å². The van der Waals surface area contributed by atoms with Crippen LogP contribution in [0.1, 0.15) is 32.6 Å². The van der Waals surface area contributed by atoms with Crippen LogP contribution in [-0.4, -0.2) is 11.1 Å². The SMILES string of the molecule is Cc1c[c-]c(C(=[C-]c2ccccc2)c2ccccc2)cc1.O=C(O)c1[c-]cccc1.[Pd]. The van der Waals surface area contributed by atoms with Gasteiger partial charge in [-0.2, -0.15) is 29.8 Å². The van der Waals surface area contributed by atoms with Crippen molar-refractivity contribution in [3.63, 3.8) is 0 Å². The fourth-order valence-corrected chi connectivity index (χ4v) is 2.75. The Hall–Kier alpha value is -3.25. The first-order valence-electron chi connectivity index (χ1n) is 9.56. The largest absolute Gasteiger partial charge is 0.521 e. The van der Waals surface area contributed by atoms with Gasteiger partial charge in [0.25, 0.3) is 0 Å². The van der Waals surface area contributed by atoms with Gasteiger partial charge in [-0.25, -0.2) is 5.56 Å². The molecule has 0 radical (unpaired) electrons. The van der Waals surface area contributed by atoms with Gasteiger partial charge in [-0.3, -0.25) is 0 Å². The summed E-state index contributed by atoms with van der Waals surface area (Å²) in [5, 5.41) is 8.35. The quantitative estimate of drug-likeness (QED) is 0.206. The minimum Gasteiger partial charge on any atom is -0.521 e. The van der Waals surface area contributed by atoms with Gasteiger partial charge in [-0.15, -0.1) is 65.2 Å². The van der Waals surface area contributed by atoms with Gasteiger partial charge in [-0.1, -0.05) is 61.0 Å². The van der Waals surface area contributed by atoms with Gasteiger partial charge in [0.2, 0.25) is 5.97 Å². The number of carboxylic acids is 1. The minimum absolute atomic E-state index is 0. The van der Waals surface area contributed by atoms with Gasteiger partial charge in [0.1, 0.15) is 0 Å². The molecule has 1 N–H and O–H groups in total. The number of rotatable bonds is 4. The summed E-state index contributed by atoms with van der Waals surface area (Å²) in [7, 11) is 0. The topological polar surface area (TPSA) is 37.3 Å². The van der Waals surface area contributed by atoms with Crippen molar-refractivity contribution in [1.29, 1.82) is 0 Å². The Labute approximate surface area is 197 Å². The first kappa shape index (κ1) is 24.0. The summed E-state index contributed by atoms with van der Waals surface area (Å²) in [5.74, 6) is -0.935. The Bertz CT molecular complexity index is 1090. The van der Waals surface area contributed by atoms with Crippen LogP contribution in [-0.2, 0) is 20.4 Å². The maximum Gasteiger partial charge on any atom is 0.247 e. The Morgan fingerprint density at radius 1 is 0.774 bits per heavy atom. The first-order valence-corrected chi connectivity index (χ1v) is 9.56. The van der Waals surface area contributed by atoms with E-state index in [4.69, 9.17) is 5.11 Å². The van der Waals surface area contributed by atoms with Crippen LogP contribution in [0.25, 0.3) is 5.57 Å². The van der Waals surface area contributed by atoms with E-state index in [0.29, 0.717) is 0 Å². The second-order valence-corrected chi connectivity index (χ2v) is 6.59. The number of carboxylic acid groups (broad SMARTS) is 1. The number of aryl methyl sites for hydroxylation is 1. The summed E-state index contributed by atoms with van der Waals surface area (Å²) in [5.41, 5.74) is 5.78. The van der Waals surface area contributed by atoms with Gasteiger partial charge in [0, 0.05) is 20.4 Å². The molecule has 0 bridgehead atoms. The molecule has 0 aromatic heterocycles. The van der Waals surface area contributed by atoms with E-state index >= 15 is 0 Å². The maximum atomic E-state index is 10.2. The number of hydrogen-bond acceptors (Lipinski definition) is 1. The Kier molecular flexibility index (Phi) is 9.65. The fraction of sp³-hybridized carbons (Fsp3) is 0.0357. The number of benzene rings is 4. The molecule has 0 amide bonds. The maximum absolute atomic E-state index is 10.2. The Morgan fingerprint density at radius 2 is 1.42 bits per heavy atom. The van der Waals surface area contributed by atoms with Crippen LogP contribution in [0.5, 0.6) is 0 Å². The van der Waals surface area contributed by atoms with Gasteiger partial charge < -0.3 is 9.90 Å². The molecule has 4 aromatic rings. The molecule has 0 unspecified atom stereocenters. The van der Waals surface area contributed by atoms with E-state index in [2.05, 4.69) is 73.7 Å². The predicted molar refractivity (Wildman–Crippen MR) is 120 cm³/mol. The summed E-state index contributed by atoms with van der Waals surface area (Å²) in [4.78, 5) is 10.2. The normalized spacial score (nSPS) is 10.3. The molecule has 0 heterocycles. The number of carbonyl (C=O) groups is 1. The molecule has 0 saturated heterocycles. The molecule has 0 atom stereocenters. The summed E-state index contributed by atoms with van der Waals surface area (Å²) in [6.07, 6.45) is 3.52. The third kappa shape index (κ3) is 7.50. The zero-order valence-electron chi connectivity index (χ0n) is 17.0. The molecule has 0 saturated carbocycles. The molecule has 0 spiro atoms. The Morgan fingerprint density at radius 3 is 1.94 bits per heavy atom. The summed E-state index contributed by atoms with van der Waals surface area (Å²) in [6.45, 7) is 2.08. The van der Waals surface area contributed by atoms with Crippen molar-refractivity contribution in [3.05, 3.63) is 149 Å². The van der Waals surface area contributed by atoms with Gasteiger partial charge in [-0.05, 0) is 0 Å². The third-order valence-corrected chi connectivity index (χ3v) is 4.28. The average molecular weight is 496 g/mol. The van der Waals surface area contributed by atoms with E-state index < -0.39 is 5.97 Å². The van der Waals surface area contributed by atoms with Crippen LogP contribution in [0, 0.1) is 25.1 Å². The van der Waals surface area contributed by atoms with Crippen molar-refractivity contribution in [2.75, 3.05) is 0 Å². The van der Waals surface area contributed by atoms with Crippen molar-refractivity contribution in [2.24, 2.45) is 0 Å². The van der Waals surface area contributed by atoms with Crippen molar-refractivity contribution in [2.45, 2.75) is 6.92 Å². The molecule has 0 aliphatic carbocycles. The first-order chi connectivity index (χ1) is 14.6. The summed E-state index contributed by atoms with van der Waals surface area (Å²) < 4.78 is 0. The molecule has 4 rings (SSSR count). The minimum atomic E-state index is -0.935. The molecule has 31 heavy (non-hydrogen) atoms. The van der Waals surface area contributed by atoms with Crippen molar-refractivity contribution in [3.8, 4) is 0 Å². The standard InChI is InChI=1S/C21H16.C7H5O2.Pd/c1-17-12-14-20(15-13-17)21(19-10-6-3-7-11-19)16-18-8-4-2-5-9-18;8-7(9)6-4-2-1-3-5-6;/h2-14H,1H3;1-4H,(H,8,9);/q-2;-1;. The van der Waals surface area contributed by atoms with E-state index in [-0.39, 0.29) is 26.0 Å². The summed E-state index contributed by atoms with van der Waals surface area (Å²) >= 11 is 0. The molecule has 4 aromatic carbocycles. The van der Waals surface area contributed by atoms with Crippen LogP contribution in [0.4, 0.5) is 0 Å². The van der Waals surface area contributed by atoms with E-state index in [1.54, 1.807) is 18.2 Å². The van der Waals surface area contributed by atoms with Crippen LogP contribution >= 0.6 is 0 Å². The van der Waals surface area contributed by atoms with E-state index in [1.807, 2.05) is 30.3 Å². The van der Waals surface area contributed by atoms with Crippen LogP contribution in [0.15, 0.2) is 103 Å². The average Bonchev–Trinajstić information content (AvgIpc) is 2.80. The molecular formula is C28H21O2Pd-3. The van der Waals surface area contributed by atoms with E-state index in [0.717, 1.165) is 22.3 Å². The molecular weight excluding hydrogens is 475 g/mol. The van der Waals surface area contributed by atoms with Crippen LogP contribution in [0.2, 0.25) is 0 Å². The zero-order valence-corrected chi connectivity index (χ0v) is 18.5. The van der Waals surface area contributed by atoms with Crippen molar-refractivity contribution in [1.82, 2.24) is 0 Å². The number of hydrogen-bond donors (Lipinski definition) is 1. The zero-order chi connectivity index (χ0) is 21.2. The van der Waals surface area contributed by atoms with Gasteiger partial charge in [0.05, 0.1) is 0 Å². The molecule has 0 aliphatic heterocycles. The van der Waals surface area contributed by atoms with Crippen LogP contribution in [0.3, 0.4) is 0 Å². The van der Waals surface area contributed by atoms with Gasteiger partial charge >= 0.3 is 0 Å². The molecule has 3 heteroatoms.